The Labute approximate surface area is 104 Å². The van der Waals surface area contributed by atoms with Crippen LogP contribution >= 0.6 is 0 Å². The SMILES string of the molecule is COc1ccc2nc(C3CCNC3)[nH]c(=O)c2c1. The van der Waals surface area contributed by atoms with Gasteiger partial charge in [-0.15, -0.1) is 0 Å². The second-order valence-corrected chi connectivity index (χ2v) is 4.52. The first-order valence-electron chi connectivity index (χ1n) is 6.06. The summed E-state index contributed by atoms with van der Waals surface area (Å²) in [6.07, 6.45) is 1.02. The molecule has 0 spiro atoms. The summed E-state index contributed by atoms with van der Waals surface area (Å²) < 4.78 is 5.12. The molecule has 0 saturated carbocycles. The Morgan fingerprint density at radius 3 is 3.06 bits per heavy atom. The van der Waals surface area contributed by atoms with Crippen LogP contribution in [0.25, 0.3) is 10.9 Å². The van der Waals surface area contributed by atoms with E-state index in [-0.39, 0.29) is 5.56 Å². The summed E-state index contributed by atoms with van der Waals surface area (Å²) in [5, 5.41) is 3.85. The second-order valence-electron chi connectivity index (χ2n) is 4.52. The van der Waals surface area contributed by atoms with Crippen molar-refractivity contribution in [1.29, 1.82) is 0 Å². The number of ether oxygens (including phenoxy) is 1. The maximum Gasteiger partial charge on any atom is 0.258 e. The third-order valence-corrected chi connectivity index (χ3v) is 3.38. The molecular weight excluding hydrogens is 230 g/mol. The topological polar surface area (TPSA) is 67.0 Å². The zero-order chi connectivity index (χ0) is 12.5. The van der Waals surface area contributed by atoms with E-state index in [0.717, 1.165) is 30.9 Å². The molecule has 1 saturated heterocycles. The molecule has 2 heterocycles. The molecule has 1 fully saturated rings. The molecule has 0 radical (unpaired) electrons. The number of hydrogen-bond acceptors (Lipinski definition) is 4. The number of nitrogens with one attached hydrogen (secondary N) is 2. The van der Waals surface area contributed by atoms with E-state index < -0.39 is 0 Å². The minimum atomic E-state index is -0.0965. The lowest BCUT2D eigenvalue weighted by molar-refractivity contribution is 0.415. The van der Waals surface area contributed by atoms with Gasteiger partial charge in [-0.25, -0.2) is 4.98 Å². The van der Waals surface area contributed by atoms with Crippen molar-refractivity contribution in [2.45, 2.75) is 12.3 Å². The number of aromatic nitrogens is 2. The fraction of sp³-hybridized carbons (Fsp3) is 0.385. The fourth-order valence-corrected chi connectivity index (χ4v) is 2.34. The van der Waals surface area contributed by atoms with Gasteiger partial charge in [0.1, 0.15) is 11.6 Å². The van der Waals surface area contributed by atoms with Gasteiger partial charge in [0.25, 0.3) is 5.56 Å². The highest BCUT2D eigenvalue weighted by atomic mass is 16.5. The second kappa shape index (κ2) is 4.42. The number of methoxy groups -OCH3 is 1. The first-order valence-corrected chi connectivity index (χ1v) is 6.06. The molecule has 1 atom stereocenters. The molecule has 0 amide bonds. The van der Waals surface area contributed by atoms with Crippen LogP contribution in [0.15, 0.2) is 23.0 Å². The molecule has 2 N–H and O–H groups in total. The number of aromatic amines is 1. The predicted molar refractivity (Wildman–Crippen MR) is 69.1 cm³/mol. The lowest BCUT2D eigenvalue weighted by Crippen LogP contribution is -2.16. The van der Waals surface area contributed by atoms with Gasteiger partial charge in [-0.1, -0.05) is 0 Å². The Morgan fingerprint density at radius 2 is 2.33 bits per heavy atom. The normalized spacial score (nSPS) is 19.3. The molecular formula is C13H15N3O2. The van der Waals surface area contributed by atoms with Gasteiger partial charge in [0.15, 0.2) is 0 Å². The molecule has 0 aliphatic carbocycles. The van der Waals surface area contributed by atoms with E-state index in [4.69, 9.17) is 4.74 Å². The summed E-state index contributed by atoms with van der Waals surface area (Å²) >= 11 is 0. The van der Waals surface area contributed by atoms with E-state index in [1.54, 1.807) is 13.2 Å². The van der Waals surface area contributed by atoms with Crippen LogP contribution in [0, 0.1) is 0 Å². The summed E-state index contributed by atoms with van der Waals surface area (Å²) in [4.78, 5) is 19.5. The summed E-state index contributed by atoms with van der Waals surface area (Å²) in [5.74, 6) is 1.76. The molecule has 2 aromatic rings. The standard InChI is InChI=1S/C13H15N3O2/c1-18-9-2-3-11-10(6-9)13(17)16-12(15-11)8-4-5-14-7-8/h2-3,6,8,14H,4-5,7H2,1H3,(H,15,16,17). The van der Waals surface area contributed by atoms with E-state index in [1.165, 1.54) is 0 Å². The molecule has 0 bridgehead atoms. The predicted octanol–water partition coefficient (Wildman–Crippen LogP) is 1.01. The highest BCUT2D eigenvalue weighted by molar-refractivity contribution is 5.79. The van der Waals surface area contributed by atoms with Crippen LogP contribution in [0.1, 0.15) is 18.2 Å². The van der Waals surface area contributed by atoms with E-state index in [9.17, 15) is 4.79 Å². The average molecular weight is 245 g/mol. The summed E-state index contributed by atoms with van der Waals surface area (Å²) in [6.45, 7) is 1.86. The number of hydrogen-bond donors (Lipinski definition) is 2. The molecule has 1 aromatic heterocycles. The van der Waals surface area contributed by atoms with Crippen molar-refractivity contribution in [1.82, 2.24) is 15.3 Å². The monoisotopic (exact) mass is 245 g/mol. The van der Waals surface area contributed by atoms with Gasteiger partial charge in [-0.3, -0.25) is 4.79 Å². The number of fused-ring (bicyclic) bond motifs is 1. The summed E-state index contributed by atoms with van der Waals surface area (Å²) in [6, 6.07) is 5.37. The Balaban J connectivity index is 2.12. The maximum atomic E-state index is 12.1. The van der Waals surface area contributed by atoms with Crippen molar-refractivity contribution in [3.63, 3.8) is 0 Å². The van der Waals surface area contributed by atoms with E-state index in [2.05, 4.69) is 15.3 Å². The molecule has 94 valence electrons. The van der Waals surface area contributed by atoms with Crippen molar-refractivity contribution in [2.24, 2.45) is 0 Å². The van der Waals surface area contributed by atoms with Gasteiger partial charge < -0.3 is 15.0 Å². The third kappa shape index (κ3) is 1.86. The van der Waals surface area contributed by atoms with Gasteiger partial charge in [0.05, 0.1) is 18.0 Å². The van der Waals surface area contributed by atoms with Gasteiger partial charge in [0, 0.05) is 12.5 Å². The summed E-state index contributed by atoms with van der Waals surface area (Å²) in [5.41, 5.74) is 0.627. The Bertz CT molecular complexity index is 630. The van der Waals surface area contributed by atoms with Crippen molar-refractivity contribution >= 4 is 10.9 Å². The minimum Gasteiger partial charge on any atom is -0.497 e. The van der Waals surface area contributed by atoms with Gasteiger partial charge in [-0.05, 0) is 31.2 Å². The molecule has 5 nitrogen and oxygen atoms in total. The zero-order valence-corrected chi connectivity index (χ0v) is 10.2. The molecule has 18 heavy (non-hydrogen) atoms. The summed E-state index contributed by atoms with van der Waals surface area (Å²) in [7, 11) is 1.58. The first-order chi connectivity index (χ1) is 8.78. The van der Waals surface area contributed by atoms with Gasteiger partial charge in [0.2, 0.25) is 0 Å². The van der Waals surface area contributed by atoms with E-state index >= 15 is 0 Å². The van der Waals surface area contributed by atoms with Crippen LogP contribution in [0.3, 0.4) is 0 Å². The fourth-order valence-electron chi connectivity index (χ4n) is 2.34. The first kappa shape index (κ1) is 11.2. The third-order valence-electron chi connectivity index (χ3n) is 3.38. The highest BCUT2D eigenvalue weighted by Crippen LogP contribution is 2.21. The quantitative estimate of drug-likeness (QED) is 0.828. The number of nitrogens with zero attached hydrogens (tertiary/aromatic N) is 1. The number of H-pyrrole nitrogens is 1. The highest BCUT2D eigenvalue weighted by Gasteiger charge is 2.19. The number of benzene rings is 1. The molecule has 1 aliphatic heterocycles. The minimum absolute atomic E-state index is 0.0965. The molecule has 3 rings (SSSR count). The largest absolute Gasteiger partial charge is 0.497 e. The van der Waals surface area contributed by atoms with Crippen LogP contribution in [0.5, 0.6) is 5.75 Å². The van der Waals surface area contributed by atoms with Crippen LogP contribution in [-0.4, -0.2) is 30.2 Å². The van der Waals surface area contributed by atoms with E-state index in [0.29, 0.717) is 17.1 Å². The lowest BCUT2D eigenvalue weighted by Gasteiger charge is -2.09. The maximum absolute atomic E-state index is 12.1. The van der Waals surface area contributed by atoms with Crippen LogP contribution < -0.4 is 15.6 Å². The van der Waals surface area contributed by atoms with E-state index in [1.807, 2.05) is 12.1 Å². The van der Waals surface area contributed by atoms with Gasteiger partial charge in [-0.2, -0.15) is 0 Å². The lowest BCUT2D eigenvalue weighted by atomic mass is 10.1. The Kier molecular flexibility index (Phi) is 2.76. The smallest absolute Gasteiger partial charge is 0.258 e. The Hall–Kier alpha value is -1.88. The van der Waals surface area contributed by atoms with Crippen LogP contribution in [-0.2, 0) is 0 Å². The van der Waals surface area contributed by atoms with Crippen molar-refractivity contribution in [2.75, 3.05) is 20.2 Å². The van der Waals surface area contributed by atoms with Crippen molar-refractivity contribution < 1.29 is 4.74 Å². The van der Waals surface area contributed by atoms with Crippen LogP contribution in [0.2, 0.25) is 0 Å². The zero-order valence-electron chi connectivity index (χ0n) is 10.2. The average Bonchev–Trinajstić information content (AvgIpc) is 2.92. The van der Waals surface area contributed by atoms with Gasteiger partial charge >= 0.3 is 0 Å². The molecule has 1 aromatic carbocycles. The molecule has 5 heteroatoms. The molecule has 1 aliphatic rings. The molecule has 1 unspecified atom stereocenters. The van der Waals surface area contributed by atoms with Crippen molar-refractivity contribution in [3.8, 4) is 5.75 Å². The van der Waals surface area contributed by atoms with Crippen molar-refractivity contribution in [3.05, 3.63) is 34.4 Å². The number of rotatable bonds is 2. The van der Waals surface area contributed by atoms with Crippen LogP contribution in [0.4, 0.5) is 0 Å². The Morgan fingerprint density at radius 1 is 1.44 bits per heavy atom.